The maximum atomic E-state index is 13.2. The molecule has 2 heterocycles. The Bertz CT molecular complexity index is 1130. The summed E-state index contributed by atoms with van der Waals surface area (Å²) in [5, 5.41) is 3.25. The molecule has 1 atom stereocenters. The van der Waals surface area contributed by atoms with Gasteiger partial charge in [-0.15, -0.1) is 4.31 Å². The predicted octanol–water partition coefficient (Wildman–Crippen LogP) is 6.11. The van der Waals surface area contributed by atoms with Gasteiger partial charge in [0.2, 0.25) is 4.90 Å². The monoisotopic (exact) mass is 667 g/mol. The average Bonchev–Trinajstić information content (AvgIpc) is 2.94. The number of carbonyl (C=O) groups excluding carboxylic acids is 1. The van der Waals surface area contributed by atoms with Gasteiger partial charge in [-0.25, -0.2) is 9.97 Å². The number of halogens is 1. The van der Waals surface area contributed by atoms with Crippen molar-refractivity contribution >= 4 is 51.4 Å². The van der Waals surface area contributed by atoms with Crippen molar-refractivity contribution < 1.29 is 14.1 Å². The fourth-order valence-electron chi connectivity index (χ4n) is 5.57. The van der Waals surface area contributed by atoms with E-state index in [9.17, 15) is 9.35 Å². The van der Waals surface area contributed by atoms with E-state index in [2.05, 4.69) is 39.8 Å². The molecule has 1 aliphatic heterocycles. The number of nitrogens with one attached hydrogen (secondary N) is 1. The fourth-order valence-corrected chi connectivity index (χ4v) is 7.56. The molecule has 2 fully saturated rings. The van der Waals surface area contributed by atoms with E-state index < -0.39 is 17.3 Å². The van der Waals surface area contributed by atoms with Gasteiger partial charge in [0.05, 0.1) is 29.9 Å². The molecule has 39 heavy (non-hydrogen) atoms. The fraction of sp³-hybridized carbons (Fsp3) is 0.621. The summed E-state index contributed by atoms with van der Waals surface area (Å²) in [5.41, 5.74) is 8.24. The minimum Gasteiger partial charge on any atom is -0.593 e. The van der Waals surface area contributed by atoms with Gasteiger partial charge in [0.25, 0.3) is 5.91 Å². The van der Waals surface area contributed by atoms with E-state index in [1.165, 1.54) is 38.5 Å². The van der Waals surface area contributed by atoms with Gasteiger partial charge in [-0.05, 0) is 69.8 Å². The molecule has 8 nitrogen and oxygen atoms in total. The number of nitrogens with two attached hydrogens (primary N) is 1. The van der Waals surface area contributed by atoms with Crippen LogP contribution in [0.4, 0.5) is 11.5 Å². The molecule has 2 aromatic rings. The van der Waals surface area contributed by atoms with Crippen LogP contribution in [0.2, 0.25) is 0 Å². The number of hydrogen-bond acceptors (Lipinski definition) is 7. The number of anilines is 2. The van der Waals surface area contributed by atoms with Crippen LogP contribution in [0.3, 0.4) is 0 Å². The minimum atomic E-state index is -1.29. The number of alkyl halides is 1. The maximum absolute atomic E-state index is 13.2. The van der Waals surface area contributed by atoms with E-state index in [-0.39, 0.29) is 5.69 Å². The highest BCUT2D eigenvalue weighted by molar-refractivity contribution is 14.1. The summed E-state index contributed by atoms with van der Waals surface area (Å²) in [6.45, 7) is 6.02. The van der Waals surface area contributed by atoms with Crippen LogP contribution in [0.25, 0.3) is 0 Å². The van der Waals surface area contributed by atoms with Crippen LogP contribution in [0.1, 0.15) is 93.5 Å². The molecule has 1 aromatic heterocycles. The summed E-state index contributed by atoms with van der Waals surface area (Å²) in [5.74, 6) is 1.03. The Morgan fingerprint density at radius 1 is 1.23 bits per heavy atom. The van der Waals surface area contributed by atoms with Gasteiger partial charge >= 0.3 is 0 Å². The van der Waals surface area contributed by atoms with E-state index in [4.69, 9.17) is 15.5 Å². The maximum Gasteiger partial charge on any atom is 0.271 e. The molecule has 0 radical (unpaired) electrons. The first kappa shape index (κ1) is 30.3. The highest BCUT2D eigenvalue weighted by Gasteiger charge is 2.29. The van der Waals surface area contributed by atoms with Gasteiger partial charge < -0.3 is 20.3 Å². The second-order valence-electron chi connectivity index (χ2n) is 11.0. The zero-order valence-corrected chi connectivity index (χ0v) is 26.4. The van der Waals surface area contributed by atoms with Crippen LogP contribution in [-0.4, -0.2) is 48.4 Å². The number of aromatic nitrogens is 2. The molecule has 0 spiro atoms. The number of amides is 1. The van der Waals surface area contributed by atoms with Crippen molar-refractivity contribution in [3.63, 3.8) is 0 Å². The Morgan fingerprint density at radius 2 is 1.95 bits per heavy atom. The first-order chi connectivity index (χ1) is 18.7. The molecule has 2 aliphatic rings. The molecule has 1 aliphatic carbocycles. The zero-order chi connectivity index (χ0) is 28.0. The van der Waals surface area contributed by atoms with Crippen LogP contribution < -0.4 is 15.8 Å². The lowest BCUT2D eigenvalue weighted by atomic mass is 9.80. The first-order valence-electron chi connectivity index (χ1n) is 14.2. The van der Waals surface area contributed by atoms with Crippen molar-refractivity contribution in [2.75, 3.05) is 25.5 Å². The van der Waals surface area contributed by atoms with Gasteiger partial charge in [0.1, 0.15) is 0 Å². The predicted molar refractivity (Wildman–Crippen MR) is 165 cm³/mol. The third-order valence-electron chi connectivity index (χ3n) is 7.96. The number of piperidine rings is 1. The highest BCUT2D eigenvalue weighted by Crippen LogP contribution is 2.40. The molecule has 1 saturated heterocycles. The van der Waals surface area contributed by atoms with E-state index >= 15 is 0 Å². The second-order valence-corrected chi connectivity index (χ2v) is 15.1. The second kappa shape index (κ2) is 13.8. The first-order valence-corrected chi connectivity index (χ1v) is 16.4. The third-order valence-corrected chi connectivity index (χ3v) is 10.6. The van der Waals surface area contributed by atoms with E-state index in [0.717, 1.165) is 56.1 Å². The lowest BCUT2D eigenvalue weighted by Gasteiger charge is -2.32. The Kier molecular flexibility index (Phi) is 10.8. The standard InChI is InChI=1S/C29H42IN5O3S/c1-4-22-23(10-8-9-20-13-15-29(2,30)16-14-20)34-28(26(33-22)27(31)36)32-21-11-12-25(24(19-21)38-3)39(37)35-17-6-5-7-18-35/h11-12,19-20H,4-10,13-18H2,1-3H3,(H2,31,36)(H,32,34)/t20-,29+,39?. The summed E-state index contributed by atoms with van der Waals surface area (Å²) in [7, 11) is 1.58. The number of ether oxygens (including phenoxy) is 1. The number of methoxy groups -OCH3 is 1. The largest absolute Gasteiger partial charge is 0.593 e. The smallest absolute Gasteiger partial charge is 0.271 e. The topological polar surface area (TPSA) is 116 Å². The molecule has 3 N–H and O–H groups in total. The number of carbonyl (C=O) groups is 1. The number of hydrogen-bond donors (Lipinski definition) is 2. The lowest BCUT2D eigenvalue weighted by Crippen LogP contribution is -2.35. The van der Waals surface area contributed by atoms with Crippen molar-refractivity contribution in [2.45, 2.75) is 92.8 Å². The SMILES string of the molecule is CCc1nc(C(N)=O)c(Nc2ccc([S+]([O-])N3CCCCC3)c(OC)c2)nc1CCC[C@H]1CC[C@@](C)(I)CC1. The van der Waals surface area contributed by atoms with Crippen LogP contribution in [0.15, 0.2) is 23.1 Å². The molecule has 1 unspecified atom stereocenters. The summed E-state index contributed by atoms with van der Waals surface area (Å²) in [6.07, 6.45) is 12.2. The lowest BCUT2D eigenvalue weighted by molar-refractivity contribution is 0.0996. The summed E-state index contributed by atoms with van der Waals surface area (Å²) >= 11 is 1.32. The average molecular weight is 668 g/mol. The van der Waals surface area contributed by atoms with Crippen molar-refractivity contribution in [1.82, 2.24) is 14.3 Å². The van der Waals surface area contributed by atoms with Gasteiger partial charge in [-0.3, -0.25) is 4.79 Å². The third kappa shape index (κ3) is 7.98. The van der Waals surface area contributed by atoms with Crippen LogP contribution in [0, 0.1) is 5.92 Å². The molecular formula is C29H42IN5O3S. The van der Waals surface area contributed by atoms with Crippen molar-refractivity contribution in [2.24, 2.45) is 11.7 Å². The number of rotatable bonds is 11. The summed E-state index contributed by atoms with van der Waals surface area (Å²) < 4.78 is 21.3. The van der Waals surface area contributed by atoms with Crippen LogP contribution in [-0.2, 0) is 24.2 Å². The van der Waals surface area contributed by atoms with E-state index in [0.29, 0.717) is 32.0 Å². The Labute approximate surface area is 249 Å². The molecule has 1 aromatic carbocycles. The molecule has 1 saturated carbocycles. The Balaban J connectivity index is 1.50. The van der Waals surface area contributed by atoms with Crippen molar-refractivity contribution in [3.05, 3.63) is 35.3 Å². The van der Waals surface area contributed by atoms with Gasteiger partial charge in [-0.2, -0.15) is 0 Å². The molecular weight excluding hydrogens is 625 g/mol. The number of benzene rings is 1. The number of nitrogens with zero attached hydrogens (tertiary/aromatic N) is 3. The summed E-state index contributed by atoms with van der Waals surface area (Å²) in [6, 6.07) is 5.44. The summed E-state index contributed by atoms with van der Waals surface area (Å²) in [4.78, 5) is 22.5. The Hall–Kier alpha value is -1.63. The zero-order valence-electron chi connectivity index (χ0n) is 23.4. The van der Waals surface area contributed by atoms with Gasteiger partial charge in [0.15, 0.2) is 17.3 Å². The molecule has 4 rings (SSSR count). The van der Waals surface area contributed by atoms with Crippen molar-refractivity contribution in [3.8, 4) is 5.75 Å². The molecule has 10 heteroatoms. The Morgan fingerprint density at radius 3 is 2.59 bits per heavy atom. The van der Waals surface area contributed by atoms with Gasteiger partial charge in [-0.1, -0.05) is 49.3 Å². The van der Waals surface area contributed by atoms with E-state index in [1.807, 2.05) is 23.4 Å². The number of primary amides is 1. The quantitative estimate of drug-likeness (QED) is 0.169. The van der Waals surface area contributed by atoms with Crippen molar-refractivity contribution in [1.29, 1.82) is 0 Å². The molecule has 214 valence electrons. The van der Waals surface area contributed by atoms with Crippen LogP contribution in [0.5, 0.6) is 5.75 Å². The number of aryl methyl sites for hydroxylation is 2. The van der Waals surface area contributed by atoms with Gasteiger partial charge in [0, 0.05) is 34.3 Å². The van der Waals surface area contributed by atoms with Crippen LogP contribution >= 0.6 is 22.6 Å². The minimum absolute atomic E-state index is 0.129. The molecule has 0 bridgehead atoms. The highest BCUT2D eigenvalue weighted by atomic mass is 127. The normalized spacial score (nSPS) is 22.8. The van der Waals surface area contributed by atoms with E-state index in [1.54, 1.807) is 13.2 Å². The molecule has 1 amide bonds.